The predicted octanol–water partition coefficient (Wildman–Crippen LogP) is 3.50. The largest absolute Gasteiger partial charge is 0.370 e. The Morgan fingerprint density at radius 3 is 2.65 bits per heavy atom. The van der Waals surface area contributed by atoms with Crippen LogP contribution in [-0.2, 0) is 0 Å². The first kappa shape index (κ1) is 12.2. The molecule has 1 fully saturated rings. The van der Waals surface area contributed by atoms with Gasteiger partial charge in [-0.15, -0.1) is 0 Å². The van der Waals surface area contributed by atoms with Crippen molar-refractivity contribution in [2.24, 2.45) is 5.92 Å². The fraction of sp³-hybridized carbons (Fsp3) is 0.643. The van der Waals surface area contributed by atoms with E-state index in [1.54, 1.807) is 0 Å². The Morgan fingerprint density at radius 2 is 2.00 bits per heavy atom. The van der Waals surface area contributed by atoms with E-state index in [0.717, 1.165) is 30.5 Å². The lowest BCUT2D eigenvalue weighted by molar-refractivity contribution is 0.492. The molecule has 1 heterocycles. The summed E-state index contributed by atoms with van der Waals surface area (Å²) in [5.74, 6) is 2.74. The van der Waals surface area contributed by atoms with Gasteiger partial charge < -0.3 is 10.6 Å². The van der Waals surface area contributed by atoms with Crippen LogP contribution in [0.3, 0.4) is 0 Å². The van der Waals surface area contributed by atoms with Gasteiger partial charge in [0, 0.05) is 12.1 Å². The standard InChI is InChI=1S/C14H23N3/c1-4-10-15-12-6-5-7-13(16-12)17-14(2,3)11-8-9-11/h5-7,11H,4,8-10H2,1-3H3,(H2,15,16,17). The molecule has 0 unspecified atom stereocenters. The molecular weight excluding hydrogens is 210 g/mol. The molecule has 0 aliphatic heterocycles. The fourth-order valence-electron chi connectivity index (χ4n) is 2.09. The van der Waals surface area contributed by atoms with Crippen molar-refractivity contribution in [3.8, 4) is 0 Å². The lowest BCUT2D eigenvalue weighted by Gasteiger charge is -2.27. The van der Waals surface area contributed by atoms with Crippen LogP contribution in [0.25, 0.3) is 0 Å². The van der Waals surface area contributed by atoms with Gasteiger partial charge in [0.05, 0.1) is 0 Å². The van der Waals surface area contributed by atoms with Crippen LogP contribution in [0.5, 0.6) is 0 Å². The van der Waals surface area contributed by atoms with Crippen molar-refractivity contribution in [3.05, 3.63) is 18.2 Å². The first-order valence-corrected chi connectivity index (χ1v) is 6.61. The second kappa shape index (κ2) is 4.94. The van der Waals surface area contributed by atoms with E-state index >= 15 is 0 Å². The van der Waals surface area contributed by atoms with E-state index in [1.807, 2.05) is 12.1 Å². The molecule has 0 bridgehead atoms. The third-order valence-electron chi connectivity index (χ3n) is 3.35. The first-order chi connectivity index (χ1) is 8.12. The van der Waals surface area contributed by atoms with Gasteiger partial charge in [0.2, 0.25) is 0 Å². The minimum absolute atomic E-state index is 0.163. The molecule has 0 spiro atoms. The summed E-state index contributed by atoms with van der Waals surface area (Å²) in [6.07, 6.45) is 3.80. The van der Waals surface area contributed by atoms with Gasteiger partial charge >= 0.3 is 0 Å². The predicted molar refractivity (Wildman–Crippen MR) is 73.4 cm³/mol. The second-order valence-corrected chi connectivity index (χ2v) is 5.46. The molecular formula is C14H23N3. The Labute approximate surface area is 104 Å². The molecule has 0 saturated heterocycles. The van der Waals surface area contributed by atoms with Gasteiger partial charge in [-0.3, -0.25) is 0 Å². The molecule has 1 aromatic heterocycles. The Bertz CT molecular complexity index is 369. The van der Waals surface area contributed by atoms with E-state index < -0.39 is 0 Å². The topological polar surface area (TPSA) is 37.0 Å². The third kappa shape index (κ3) is 3.35. The normalized spacial score (nSPS) is 15.7. The molecule has 1 aliphatic carbocycles. The van der Waals surface area contributed by atoms with E-state index in [-0.39, 0.29) is 5.54 Å². The van der Waals surface area contributed by atoms with E-state index in [9.17, 15) is 0 Å². The maximum atomic E-state index is 4.58. The van der Waals surface area contributed by atoms with E-state index in [0.29, 0.717) is 0 Å². The average Bonchev–Trinajstić information content (AvgIpc) is 3.10. The van der Waals surface area contributed by atoms with Crippen molar-refractivity contribution < 1.29 is 0 Å². The van der Waals surface area contributed by atoms with Crippen LogP contribution < -0.4 is 10.6 Å². The van der Waals surface area contributed by atoms with Gasteiger partial charge in [-0.05, 0) is 51.2 Å². The number of aromatic nitrogens is 1. The van der Waals surface area contributed by atoms with Gasteiger partial charge in [0.1, 0.15) is 11.6 Å². The molecule has 1 aromatic rings. The zero-order valence-electron chi connectivity index (χ0n) is 11.1. The number of nitrogens with zero attached hydrogens (tertiary/aromatic N) is 1. The number of pyridine rings is 1. The highest BCUT2D eigenvalue weighted by Gasteiger charge is 2.37. The maximum Gasteiger partial charge on any atom is 0.128 e. The van der Waals surface area contributed by atoms with Crippen molar-refractivity contribution in [2.75, 3.05) is 17.2 Å². The maximum absolute atomic E-state index is 4.58. The third-order valence-corrected chi connectivity index (χ3v) is 3.35. The number of hydrogen-bond acceptors (Lipinski definition) is 3. The summed E-state index contributed by atoms with van der Waals surface area (Å²) in [5, 5.41) is 6.86. The smallest absolute Gasteiger partial charge is 0.128 e. The van der Waals surface area contributed by atoms with Gasteiger partial charge in [0.15, 0.2) is 0 Å². The summed E-state index contributed by atoms with van der Waals surface area (Å²) in [6.45, 7) is 7.66. The molecule has 1 saturated carbocycles. The lowest BCUT2D eigenvalue weighted by Crippen LogP contribution is -2.33. The Morgan fingerprint density at radius 1 is 1.29 bits per heavy atom. The molecule has 2 N–H and O–H groups in total. The molecule has 3 heteroatoms. The fourth-order valence-corrected chi connectivity index (χ4v) is 2.09. The van der Waals surface area contributed by atoms with E-state index in [2.05, 4.69) is 42.5 Å². The summed E-state index contributed by atoms with van der Waals surface area (Å²) in [6, 6.07) is 6.11. The van der Waals surface area contributed by atoms with Crippen LogP contribution in [0.15, 0.2) is 18.2 Å². The molecule has 0 radical (unpaired) electrons. The van der Waals surface area contributed by atoms with Crippen LogP contribution in [-0.4, -0.2) is 17.1 Å². The highest BCUT2D eigenvalue weighted by Crippen LogP contribution is 2.40. The van der Waals surface area contributed by atoms with Gasteiger partial charge in [-0.1, -0.05) is 13.0 Å². The summed E-state index contributed by atoms with van der Waals surface area (Å²) in [4.78, 5) is 4.58. The monoisotopic (exact) mass is 233 g/mol. The Hall–Kier alpha value is -1.25. The van der Waals surface area contributed by atoms with Crippen molar-refractivity contribution in [3.63, 3.8) is 0 Å². The summed E-state index contributed by atoms with van der Waals surface area (Å²) < 4.78 is 0. The highest BCUT2D eigenvalue weighted by molar-refractivity contribution is 5.46. The average molecular weight is 233 g/mol. The number of hydrogen-bond donors (Lipinski definition) is 2. The Kier molecular flexibility index (Phi) is 3.55. The summed E-state index contributed by atoms with van der Waals surface area (Å²) in [5.41, 5.74) is 0.163. The van der Waals surface area contributed by atoms with Gasteiger partial charge in [-0.2, -0.15) is 0 Å². The minimum Gasteiger partial charge on any atom is -0.370 e. The van der Waals surface area contributed by atoms with Crippen molar-refractivity contribution in [1.82, 2.24) is 4.98 Å². The molecule has 17 heavy (non-hydrogen) atoms. The van der Waals surface area contributed by atoms with Gasteiger partial charge in [0.25, 0.3) is 0 Å². The van der Waals surface area contributed by atoms with Crippen LogP contribution in [0.1, 0.15) is 40.0 Å². The molecule has 0 amide bonds. The minimum atomic E-state index is 0.163. The first-order valence-electron chi connectivity index (χ1n) is 6.61. The van der Waals surface area contributed by atoms with Gasteiger partial charge in [-0.25, -0.2) is 4.98 Å². The zero-order valence-corrected chi connectivity index (χ0v) is 11.1. The zero-order chi connectivity index (χ0) is 12.3. The van der Waals surface area contributed by atoms with Crippen LogP contribution in [0.2, 0.25) is 0 Å². The quantitative estimate of drug-likeness (QED) is 0.789. The molecule has 3 nitrogen and oxygen atoms in total. The molecule has 0 aromatic carbocycles. The molecule has 2 rings (SSSR count). The number of nitrogens with one attached hydrogen (secondary N) is 2. The Balaban J connectivity index is 2.00. The number of anilines is 2. The van der Waals surface area contributed by atoms with Crippen LogP contribution >= 0.6 is 0 Å². The van der Waals surface area contributed by atoms with Crippen LogP contribution in [0.4, 0.5) is 11.6 Å². The SMILES string of the molecule is CCCNc1cccc(NC(C)(C)C2CC2)n1. The second-order valence-electron chi connectivity index (χ2n) is 5.46. The van der Waals surface area contributed by atoms with E-state index in [1.165, 1.54) is 12.8 Å². The van der Waals surface area contributed by atoms with Crippen molar-refractivity contribution >= 4 is 11.6 Å². The molecule has 94 valence electrons. The van der Waals surface area contributed by atoms with Crippen molar-refractivity contribution in [2.45, 2.75) is 45.6 Å². The summed E-state index contributed by atoms with van der Waals surface area (Å²) >= 11 is 0. The molecule has 0 atom stereocenters. The van der Waals surface area contributed by atoms with Crippen molar-refractivity contribution in [1.29, 1.82) is 0 Å². The number of rotatable bonds is 6. The van der Waals surface area contributed by atoms with Crippen LogP contribution in [0, 0.1) is 5.92 Å². The van der Waals surface area contributed by atoms with E-state index in [4.69, 9.17) is 0 Å². The lowest BCUT2D eigenvalue weighted by atomic mass is 9.99. The highest BCUT2D eigenvalue weighted by atomic mass is 15.1. The molecule has 1 aliphatic rings. The summed E-state index contributed by atoms with van der Waals surface area (Å²) in [7, 11) is 0.